The van der Waals surface area contributed by atoms with E-state index in [1.807, 2.05) is 42.5 Å². The number of thiazole rings is 1. The van der Waals surface area contributed by atoms with Crippen LogP contribution in [0.15, 0.2) is 60.8 Å². The fraction of sp³-hybridized carbons (Fsp3) is 0.269. The Hall–Kier alpha value is -3.25. The second-order valence-corrected chi connectivity index (χ2v) is 8.84. The van der Waals surface area contributed by atoms with Gasteiger partial charge in [-0.25, -0.2) is 4.98 Å². The molecule has 0 N–H and O–H groups in total. The van der Waals surface area contributed by atoms with Crippen LogP contribution in [0.5, 0.6) is 5.75 Å². The van der Waals surface area contributed by atoms with Gasteiger partial charge in [-0.1, -0.05) is 36.8 Å². The molecule has 1 amide bonds. The third-order valence-corrected chi connectivity index (χ3v) is 6.43. The molecule has 0 radical (unpaired) electrons. The van der Waals surface area contributed by atoms with E-state index in [1.54, 1.807) is 22.4 Å². The number of hydrogen-bond acceptors (Lipinski definition) is 5. The SMILES string of the molecule is CCCCOc1ccc(C(=O)N(Cc2ccccn2)c2nc3cc(C)cc(C)c3s2)cc1. The van der Waals surface area contributed by atoms with Crippen LogP contribution in [0.1, 0.15) is 46.9 Å². The Morgan fingerprint density at radius 2 is 1.91 bits per heavy atom. The third-order valence-electron chi connectivity index (χ3n) is 5.20. The van der Waals surface area contributed by atoms with Gasteiger partial charge in [0.05, 0.1) is 29.1 Å². The molecule has 0 saturated carbocycles. The summed E-state index contributed by atoms with van der Waals surface area (Å²) in [5.41, 5.74) is 4.65. The molecule has 0 atom stereocenters. The summed E-state index contributed by atoms with van der Waals surface area (Å²) in [4.78, 5) is 24.5. The minimum atomic E-state index is -0.107. The number of hydrogen-bond donors (Lipinski definition) is 0. The van der Waals surface area contributed by atoms with Crippen molar-refractivity contribution in [3.05, 3.63) is 83.2 Å². The number of nitrogens with zero attached hydrogens (tertiary/aromatic N) is 3. The highest BCUT2D eigenvalue weighted by molar-refractivity contribution is 7.22. The van der Waals surface area contributed by atoms with Gasteiger partial charge >= 0.3 is 0 Å². The molecule has 0 unspecified atom stereocenters. The number of rotatable bonds is 8. The normalized spacial score (nSPS) is 11.0. The number of aromatic nitrogens is 2. The van der Waals surface area contributed by atoms with Gasteiger partial charge in [0.2, 0.25) is 0 Å². The van der Waals surface area contributed by atoms with Gasteiger partial charge in [0.15, 0.2) is 5.13 Å². The van der Waals surface area contributed by atoms with Gasteiger partial charge in [0, 0.05) is 11.8 Å². The lowest BCUT2D eigenvalue weighted by molar-refractivity contribution is 0.0985. The first kappa shape index (κ1) is 22.0. The van der Waals surface area contributed by atoms with E-state index in [0.29, 0.717) is 23.8 Å². The highest BCUT2D eigenvalue weighted by atomic mass is 32.1. The number of aryl methyl sites for hydroxylation is 2. The minimum absolute atomic E-state index is 0.107. The summed E-state index contributed by atoms with van der Waals surface area (Å²) in [6.07, 6.45) is 3.83. The molecule has 4 rings (SSSR count). The van der Waals surface area contributed by atoms with Crippen LogP contribution < -0.4 is 9.64 Å². The highest BCUT2D eigenvalue weighted by Crippen LogP contribution is 2.33. The molecule has 0 aliphatic rings. The average molecular weight is 446 g/mol. The number of carbonyl (C=O) groups excluding carboxylic acids is 1. The smallest absolute Gasteiger partial charge is 0.260 e. The summed E-state index contributed by atoms with van der Waals surface area (Å²) < 4.78 is 6.84. The van der Waals surface area contributed by atoms with E-state index in [2.05, 4.69) is 37.9 Å². The Balaban J connectivity index is 1.66. The van der Waals surface area contributed by atoms with Crippen LogP contribution in [0, 0.1) is 13.8 Å². The fourth-order valence-electron chi connectivity index (χ4n) is 3.54. The van der Waals surface area contributed by atoms with E-state index < -0.39 is 0 Å². The molecule has 2 aromatic heterocycles. The second-order valence-electron chi connectivity index (χ2n) is 7.87. The Morgan fingerprint density at radius 1 is 1.09 bits per heavy atom. The Labute approximate surface area is 192 Å². The molecule has 0 saturated heterocycles. The number of unbranched alkanes of at least 4 members (excludes halogenated alkanes) is 1. The van der Waals surface area contributed by atoms with Crippen molar-refractivity contribution in [1.29, 1.82) is 0 Å². The molecule has 0 fully saturated rings. The Morgan fingerprint density at radius 3 is 2.62 bits per heavy atom. The molecular formula is C26H27N3O2S. The van der Waals surface area contributed by atoms with Crippen LogP contribution in [0.25, 0.3) is 10.2 Å². The number of pyridine rings is 1. The van der Waals surface area contributed by atoms with Gasteiger partial charge in [-0.15, -0.1) is 0 Å². The van der Waals surface area contributed by atoms with Gasteiger partial charge in [0.25, 0.3) is 5.91 Å². The van der Waals surface area contributed by atoms with Gasteiger partial charge in [-0.3, -0.25) is 14.7 Å². The van der Waals surface area contributed by atoms with Gasteiger partial charge in [-0.05, 0) is 73.9 Å². The standard InChI is InChI=1S/C26H27N3O2S/c1-4-5-14-31-22-11-9-20(10-12-22)25(30)29(17-21-8-6-7-13-27-21)26-28-23-16-18(2)15-19(3)24(23)32-26/h6-13,15-16H,4-5,14,17H2,1-3H3. The summed E-state index contributed by atoms with van der Waals surface area (Å²) in [5.74, 6) is 0.668. The maximum absolute atomic E-state index is 13.6. The van der Waals surface area contributed by atoms with E-state index in [4.69, 9.17) is 9.72 Å². The summed E-state index contributed by atoms with van der Waals surface area (Å²) in [6, 6.07) is 17.3. The quantitative estimate of drug-likeness (QED) is 0.297. The molecule has 0 aliphatic heterocycles. The van der Waals surface area contributed by atoms with Crippen LogP contribution in [0.2, 0.25) is 0 Å². The Kier molecular flexibility index (Phi) is 6.81. The van der Waals surface area contributed by atoms with Crippen molar-refractivity contribution in [2.75, 3.05) is 11.5 Å². The van der Waals surface area contributed by atoms with Gasteiger partial charge < -0.3 is 4.74 Å². The predicted octanol–water partition coefficient (Wildman–Crippen LogP) is 6.33. The van der Waals surface area contributed by atoms with Crippen LogP contribution in [-0.4, -0.2) is 22.5 Å². The largest absolute Gasteiger partial charge is 0.494 e. The van der Waals surface area contributed by atoms with E-state index in [0.717, 1.165) is 40.1 Å². The van der Waals surface area contributed by atoms with Crippen molar-refractivity contribution < 1.29 is 9.53 Å². The fourth-order valence-corrected chi connectivity index (χ4v) is 4.56. The summed E-state index contributed by atoms with van der Waals surface area (Å²) in [7, 11) is 0. The minimum Gasteiger partial charge on any atom is -0.494 e. The van der Waals surface area contributed by atoms with Crippen molar-refractivity contribution in [2.45, 2.75) is 40.2 Å². The van der Waals surface area contributed by atoms with Crippen LogP contribution in [0.4, 0.5) is 5.13 Å². The second kappa shape index (κ2) is 9.92. The Bertz CT molecular complexity index is 1200. The third kappa shape index (κ3) is 4.97. The lowest BCUT2D eigenvalue weighted by Crippen LogP contribution is -2.30. The number of benzene rings is 2. The molecule has 5 nitrogen and oxygen atoms in total. The predicted molar refractivity (Wildman–Crippen MR) is 131 cm³/mol. The maximum atomic E-state index is 13.6. The van der Waals surface area contributed by atoms with E-state index in [1.165, 1.54) is 5.56 Å². The van der Waals surface area contributed by atoms with E-state index >= 15 is 0 Å². The number of anilines is 1. The van der Waals surface area contributed by atoms with E-state index in [9.17, 15) is 4.79 Å². The summed E-state index contributed by atoms with van der Waals surface area (Å²) in [6.45, 7) is 7.31. The van der Waals surface area contributed by atoms with Gasteiger partial charge in [0.1, 0.15) is 5.75 Å². The summed E-state index contributed by atoms with van der Waals surface area (Å²) in [5, 5.41) is 0.674. The molecular weight excluding hydrogens is 418 g/mol. The topological polar surface area (TPSA) is 55.3 Å². The monoisotopic (exact) mass is 445 g/mol. The molecule has 2 heterocycles. The van der Waals surface area contributed by atoms with Crippen LogP contribution in [0.3, 0.4) is 0 Å². The lowest BCUT2D eigenvalue weighted by atomic mass is 10.1. The van der Waals surface area contributed by atoms with Crippen LogP contribution in [-0.2, 0) is 6.54 Å². The van der Waals surface area contributed by atoms with Crippen LogP contribution >= 0.6 is 11.3 Å². The molecule has 0 aliphatic carbocycles. The molecule has 164 valence electrons. The van der Waals surface area contributed by atoms with Crippen molar-refractivity contribution in [3.8, 4) is 5.75 Å². The zero-order chi connectivity index (χ0) is 22.5. The zero-order valence-electron chi connectivity index (χ0n) is 18.7. The van der Waals surface area contributed by atoms with Crippen molar-refractivity contribution in [1.82, 2.24) is 9.97 Å². The lowest BCUT2D eigenvalue weighted by Gasteiger charge is -2.20. The van der Waals surface area contributed by atoms with Crippen molar-refractivity contribution in [3.63, 3.8) is 0 Å². The molecule has 0 spiro atoms. The molecule has 4 aromatic rings. The maximum Gasteiger partial charge on any atom is 0.260 e. The molecule has 0 bridgehead atoms. The van der Waals surface area contributed by atoms with E-state index in [-0.39, 0.29) is 5.91 Å². The molecule has 32 heavy (non-hydrogen) atoms. The average Bonchev–Trinajstić information content (AvgIpc) is 3.22. The number of amides is 1. The first-order valence-corrected chi connectivity index (χ1v) is 11.7. The first-order chi connectivity index (χ1) is 15.5. The molecule has 6 heteroatoms. The number of fused-ring (bicyclic) bond motifs is 1. The van der Waals surface area contributed by atoms with Crippen molar-refractivity contribution in [2.24, 2.45) is 0 Å². The zero-order valence-corrected chi connectivity index (χ0v) is 19.5. The van der Waals surface area contributed by atoms with Crippen molar-refractivity contribution >= 4 is 32.6 Å². The number of ether oxygens (including phenoxy) is 1. The summed E-state index contributed by atoms with van der Waals surface area (Å²) >= 11 is 1.54. The van der Waals surface area contributed by atoms with Gasteiger partial charge in [-0.2, -0.15) is 0 Å². The first-order valence-electron chi connectivity index (χ1n) is 10.9. The molecule has 2 aromatic carbocycles. The number of carbonyl (C=O) groups is 1. The highest BCUT2D eigenvalue weighted by Gasteiger charge is 2.23.